The minimum Gasteiger partial charge on any atom is -0.496 e. The smallest absolute Gasteiger partial charge is 0.232 e. The van der Waals surface area contributed by atoms with Crippen LogP contribution in [0.25, 0.3) is 0 Å². The Kier molecular flexibility index (Phi) is 7.49. The molecule has 0 aliphatic heterocycles. The second kappa shape index (κ2) is 9.61. The molecular formula is C18H22BrN3O4S. The molecule has 0 aliphatic rings. The van der Waals surface area contributed by atoms with Crippen molar-refractivity contribution in [3.8, 4) is 11.5 Å². The molecule has 27 heavy (non-hydrogen) atoms. The number of aliphatic imine (C=N–C) groups is 1. The SMILES string of the molecule is CCOc1ccc(NC(=NCc2cc(Br)ccc2OC)NS(C)(=O)=O)cc1. The number of ether oxygens (including phenoxy) is 2. The predicted octanol–water partition coefficient (Wildman–Crippen LogP) is 3.37. The first-order chi connectivity index (χ1) is 12.8. The van der Waals surface area contributed by atoms with Gasteiger partial charge in [0.1, 0.15) is 11.5 Å². The van der Waals surface area contributed by atoms with Crippen LogP contribution in [0, 0.1) is 0 Å². The van der Waals surface area contributed by atoms with Gasteiger partial charge < -0.3 is 14.8 Å². The van der Waals surface area contributed by atoms with Crippen LogP contribution in [0.1, 0.15) is 12.5 Å². The lowest BCUT2D eigenvalue weighted by Crippen LogP contribution is -2.35. The van der Waals surface area contributed by atoms with Crippen molar-refractivity contribution in [2.45, 2.75) is 13.5 Å². The average molecular weight is 456 g/mol. The molecule has 0 radical (unpaired) electrons. The van der Waals surface area contributed by atoms with Gasteiger partial charge in [-0.3, -0.25) is 4.72 Å². The molecule has 0 spiro atoms. The number of halogens is 1. The first kappa shape index (κ1) is 21.0. The molecule has 0 aliphatic carbocycles. The molecule has 2 aromatic carbocycles. The summed E-state index contributed by atoms with van der Waals surface area (Å²) in [6.07, 6.45) is 1.07. The summed E-state index contributed by atoms with van der Waals surface area (Å²) in [7, 11) is -1.92. The highest BCUT2D eigenvalue weighted by molar-refractivity contribution is 9.10. The quantitative estimate of drug-likeness (QED) is 0.493. The first-order valence-electron chi connectivity index (χ1n) is 8.15. The third-order valence-corrected chi connectivity index (χ3v) is 4.42. The fourth-order valence-electron chi connectivity index (χ4n) is 2.25. The van der Waals surface area contributed by atoms with Crippen LogP contribution in [0.2, 0.25) is 0 Å². The van der Waals surface area contributed by atoms with Crippen LogP contribution >= 0.6 is 15.9 Å². The number of hydrogen-bond donors (Lipinski definition) is 2. The van der Waals surface area contributed by atoms with Gasteiger partial charge in [-0.1, -0.05) is 15.9 Å². The van der Waals surface area contributed by atoms with Crippen LogP contribution in [0.4, 0.5) is 5.69 Å². The molecule has 0 atom stereocenters. The highest BCUT2D eigenvalue weighted by atomic mass is 79.9. The van der Waals surface area contributed by atoms with E-state index in [0.717, 1.165) is 22.0 Å². The molecule has 146 valence electrons. The number of anilines is 1. The molecule has 0 saturated carbocycles. The van der Waals surface area contributed by atoms with E-state index in [1.807, 2.05) is 25.1 Å². The van der Waals surface area contributed by atoms with Gasteiger partial charge in [0.15, 0.2) is 0 Å². The largest absolute Gasteiger partial charge is 0.496 e. The number of rotatable bonds is 7. The van der Waals surface area contributed by atoms with E-state index >= 15 is 0 Å². The standard InChI is InChI=1S/C18H22BrN3O4S/c1-4-26-16-8-6-15(7-9-16)21-18(22-27(3,23)24)20-12-13-11-14(19)5-10-17(13)25-2/h5-11H,4,12H2,1-3H3,(H2,20,21,22). The summed E-state index contributed by atoms with van der Waals surface area (Å²) in [6, 6.07) is 12.7. The fraction of sp³-hybridized carbons (Fsp3) is 0.278. The maximum absolute atomic E-state index is 11.7. The van der Waals surface area contributed by atoms with Crippen molar-refractivity contribution in [1.82, 2.24) is 4.72 Å². The molecule has 2 aromatic rings. The highest BCUT2D eigenvalue weighted by Gasteiger charge is 2.09. The summed E-state index contributed by atoms with van der Waals surface area (Å²) in [5.74, 6) is 1.52. The van der Waals surface area contributed by atoms with Crippen LogP contribution in [0.15, 0.2) is 51.9 Å². The zero-order valence-corrected chi connectivity index (χ0v) is 17.7. The summed E-state index contributed by atoms with van der Waals surface area (Å²) in [5.41, 5.74) is 1.49. The maximum Gasteiger partial charge on any atom is 0.232 e. The number of nitrogens with one attached hydrogen (secondary N) is 2. The zero-order chi connectivity index (χ0) is 19.9. The Hall–Kier alpha value is -2.26. The van der Waals surface area contributed by atoms with Gasteiger partial charge in [0.2, 0.25) is 16.0 Å². The van der Waals surface area contributed by atoms with Crippen molar-refractivity contribution in [1.29, 1.82) is 0 Å². The van der Waals surface area contributed by atoms with Gasteiger partial charge in [-0.2, -0.15) is 0 Å². The monoisotopic (exact) mass is 455 g/mol. The van der Waals surface area contributed by atoms with E-state index in [1.54, 1.807) is 31.4 Å². The van der Waals surface area contributed by atoms with Crippen LogP contribution in [0.5, 0.6) is 11.5 Å². The topological polar surface area (TPSA) is 89.0 Å². The summed E-state index contributed by atoms with van der Waals surface area (Å²) >= 11 is 3.41. The third-order valence-electron chi connectivity index (χ3n) is 3.36. The molecule has 0 unspecified atom stereocenters. The Bertz CT molecular complexity index is 899. The number of hydrogen-bond acceptors (Lipinski definition) is 5. The highest BCUT2D eigenvalue weighted by Crippen LogP contribution is 2.23. The molecule has 0 saturated heterocycles. The minimum atomic E-state index is -3.50. The van der Waals surface area contributed by atoms with Gasteiger partial charge in [-0.25, -0.2) is 13.4 Å². The average Bonchev–Trinajstić information content (AvgIpc) is 2.60. The molecule has 0 amide bonds. The van der Waals surface area contributed by atoms with Crippen LogP contribution < -0.4 is 19.5 Å². The molecule has 9 heteroatoms. The van der Waals surface area contributed by atoms with E-state index in [2.05, 4.69) is 31.0 Å². The molecule has 2 rings (SSSR count). The van der Waals surface area contributed by atoms with E-state index in [-0.39, 0.29) is 12.5 Å². The second-order valence-electron chi connectivity index (χ2n) is 5.58. The lowest BCUT2D eigenvalue weighted by atomic mass is 10.2. The van der Waals surface area contributed by atoms with Crippen molar-refractivity contribution in [2.75, 3.05) is 25.3 Å². The number of sulfonamides is 1. The first-order valence-corrected chi connectivity index (χ1v) is 10.8. The second-order valence-corrected chi connectivity index (χ2v) is 8.24. The molecule has 0 heterocycles. The van der Waals surface area contributed by atoms with Gasteiger partial charge in [0.25, 0.3) is 0 Å². The summed E-state index contributed by atoms with van der Waals surface area (Å²) < 4.78 is 37.4. The third kappa shape index (κ3) is 7.10. The van der Waals surface area contributed by atoms with E-state index in [0.29, 0.717) is 18.0 Å². The number of methoxy groups -OCH3 is 1. The normalized spacial score (nSPS) is 11.8. The van der Waals surface area contributed by atoms with E-state index in [9.17, 15) is 8.42 Å². The molecule has 7 nitrogen and oxygen atoms in total. The Balaban J connectivity index is 2.23. The van der Waals surface area contributed by atoms with Crippen LogP contribution in [-0.2, 0) is 16.6 Å². The number of benzene rings is 2. The van der Waals surface area contributed by atoms with Crippen LogP contribution in [0.3, 0.4) is 0 Å². The van der Waals surface area contributed by atoms with E-state index in [4.69, 9.17) is 9.47 Å². The Morgan fingerprint density at radius 3 is 2.48 bits per heavy atom. The minimum absolute atomic E-state index is 0.115. The van der Waals surface area contributed by atoms with Crippen molar-refractivity contribution < 1.29 is 17.9 Å². The van der Waals surface area contributed by atoms with Gasteiger partial charge in [-0.15, -0.1) is 0 Å². The predicted molar refractivity (Wildman–Crippen MR) is 111 cm³/mol. The molecule has 0 aromatic heterocycles. The van der Waals surface area contributed by atoms with Crippen molar-refractivity contribution in [3.05, 3.63) is 52.5 Å². The zero-order valence-electron chi connectivity index (χ0n) is 15.3. The Labute approximate surface area is 168 Å². The lowest BCUT2D eigenvalue weighted by molar-refractivity contribution is 0.340. The Morgan fingerprint density at radius 2 is 1.89 bits per heavy atom. The molecule has 2 N–H and O–H groups in total. The van der Waals surface area contributed by atoms with Gasteiger partial charge >= 0.3 is 0 Å². The van der Waals surface area contributed by atoms with Crippen molar-refractivity contribution >= 4 is 37.6 Å². The summed E-state index contributed by atoms with van der Waals surface area (Å²) in [4.78, 5) is 4.37. The van der Waals surface area contributed by atoms with E-state index in [1.165, 1.54) is 0 Å². The van der Waals surface area contributed by atoms with Crippen molar-refractivity contribution in [3.63, 3.8) is 0 Å². The van der Waals surface area contributed by atoms with Gasteiger partial charge in [0.05, 0.1) is 26.5 Å². The van der Waals surface area contributed by atoms with Crippen molar-refractivity contribution in [2.24, 2.45) is 4.99 Å². The summed E-state index contributed by atoms with van der Waals surface area (Å²) in [5, 5.41) is 2.98. The summed E-state index contributed by atoms with van der Waals surface area (Å²) in [6.45, 7) is 2.71. The number of guanidine groups is 1. The van der Waals surface area contributed by atoms with E-state index < -0.39 is 10.0 Å². The van der Waals surface area contributed by atoms with Gasteiger partial charge in [-0.05, 0) is 49.4 Å². The molecular weight excluding hydrogens is 434 g/mol. The molecule has 0 fully saturated rings. The Morgan fingerprint density at radius 1 is 1.19 bits per heavy atom. The fourth-order valence-corrected chi connectivity index (χ4v) is 3.12. The van der Waals surface area contributed by atoms with Crippen LogP contribution in [-0.4, -0.2) is 34.3 Å². The molecule has 0 bridgehead atoms. The lowest BCUT2D eigenvalue weighted by Gasteiger charge is -2.13. The number of nitrogens with zero attached hydrogens (tertiary/aromatic N) is 1. The maximum atomic E-state index is 11.7. The van der Waals surface area contributed by atoms with Gasteiger partial charge in [0, 0.05) is 15.7 Å².